The quantitative estimate of drug-likeness (QED) is 0.397. The third-order valence-corrected chi connectivity index (χ3v) is 5.47. The van der Waals surface area contributed by atoms with Gasteiger partial charge in [0.25, 0.3) is 0 Å². The molecule has 1 aliphatic rings. The number of rotatable bonds is 7. The number of benzene rings is 2. The topological polar surface area (TPSA) is 58.4 Å². The fourth-order valence-corrected chi connectivity index (χ4v) is 3.83. The average molecular weight is 415 g/mol. The van der Waals surface area contributed by atoms with Crippen LogP contribution in [0.25, 0.3) is 27.8 Å². The van der Waals surface area contributed by atoms with Gasteiger partial charge in [-0.1, -0.05) is 6.07 Å². The fourth-order valence-electron chi connectivity index (χ4n) is 3.83. The van der Waals surface area contributed by atoms with Gasteiger partial charge >= 0.3 is 0 Å². The molecule has 6 nitrogen and oxygen atoms in total. The zero-order valence-corrected chi connectivity index (χ0v) is 17.3. The summed E-state index contributed by atoms with van der Waals surface area (Å²) in [6, 6.07) is 18.4. The molecule has 158 valence electrons. The minimum atomic E-state index is -0.0756. The molecule has 0 radical (unpaired) electrons. The summed E-state index contributed by atoms with van der Waals surface area (Å²) in [5, 5.41) is 0. The Morgan fingerprint density at radius 1 is 0.935 bits per heavy atom. The zero-order valence-electron chi connectivity index (χ0n) is 17.3. The van der Waals surface area contributed by atoms with Gasteiger partial charge in [0.05, 0.1) is 17.6 Å². The molecule has 1 atom stereocenters. The van der Waals surface area contributed by atoms with E-state index in [0.29, 0.717) is 13.2 Å². The van der Waals surface area contributed by atoms with E-state index in [-0.39, 0.29) is 6.29 Å². The van der Waals surface area contributed by atoms with Gasteiger partial charge in [-0.2, -0.15) is 0 Å². The number of pyridine rings is 1. The molecule has 6 heteroatoms. The lowest BCUT2D eigenvalue weighted by Gasteiger charge is -2.22. The number of fused-ring (bicyclic) bond motifs is 1. The van der Waals surface area contributed by atoms with E-state index in [4.69, 9.17) is 14.2 Å². The maximum absolute atomic E-state index is 5.81. The summed E-state index contributed by atoms with van der Waals surface area (Å²) in [5.41, 5.74) is 5.32. The number of ether oxygens (including phenoxy) is 3. The van der Waals surface area contributed by atoms with Gasteiger partial charge in [0.2, 0.25) is 0 Å². The van der Waals surface area contributed by atoms with Gasteiger partial charge < -0.3 is 14.2 Å². The van der Waals surface area contributed by atoms with Gasteiger partial charge in [0.15, 0.2) is 6.29 Å². The molecule has 1 unspecified atom stereocenters. The van der Waals surface area contributed by atoms with Crippen molar-refractivity contribution in [1.29, 1.82) is 0 Å². The van der Waals surface area contributed by atoms with Crippen LogP contribution in [0.3, 0.4) is 0 Å². The first-order valence-corrected chi connectivity index (χ1v) is 10.7. The van der Waals surface area contributed by atoms with Crippen LogP contribution in [0, 0.1) is 0 Å². The van der Waals surface area contributed by atoms with Gasteiger partial charge in [-0.3, -0.25) is 9.55 Å². The molecule has 0 bridgehead atoms. The van der Waals surface area contributed by atoms with Crippen molar-refractivity contribution in [2.45, 2.75) is 25.6 Å². The van der Waals surface area contributed by atoms with E-state index >= 15 is 0 Å². The summed E-state index contributed by atoms with van der Waals surface area (Å²) in [7, 11) is 0. The Hall–Kier alpha value is -3.22. The van der Waals surface area contributed by atoms with Crippen LogP contribution in [0.15, 0.2) is 73.3 Å². The summed E-state index contributed by atoms with van der Waals surface area (Å²) in [6.45, 7) is 1.82. The number of aromatic nitrogens is 3. The summed E-state index contributed by atoms with van der Waals surface area (Å²) < 4.78 is 19.2. The predicted octanol–water partition coefficient (Wildman–Crippen LogP) is 5.01. The highest BCUT2D eigenvalue weighted by atomic mass is 16.7. The monoisotopic (exact) mass is 415 g/mol. The molecular formula is C25H25N3O3. The van der Waals surface area contributed by atoms with Gasteiger partial charge in [-0.25, -0.2) is 4.98 Å². The number of hydrogen-bond acceptors (Lipinski definition) is 5. The molecule has 0 amide bonds. The van der Waals surface area contributed by atoms with Crippen LogP contribution < -0.4 is 4.74 Å². The van der Waals surface area contributed by atoms with Crippen molar-refractivity contribution < 1.29 is 14.2 Å². The third kappa shape index (κ3) is 4.60. The molecule has 0 saturated carbocycles. The first kappa shape index (κ1) is 19.7. The maximum atomic E-state index is 5.81. The Bertz CT molecular complexity index is 1120. The van der Waals surface area contributed by atoms with E-state index in [2.05, 4.69) is 32.7 Å². The largest absolute Gasteiger partial charge is 0.491 e. The lowest BCUT2D eigenvalue weighted by atomic mass is 10.1. The predicted molar refractivity (Wildman–Crippen MR) is 119 cm³/mol. The Labute approximate surface area is 181 Å². The Kier molecular flexibility index (Phi) is 5.91. The molecule has 0 aliphatic carbocycles. The van der Waals surface area contributed by atoms with Crippen LogP contribution in [0.1, 0.15) is 19.3 Å². The normalized spacial score (nSPS) is 16.5. The lowest BCUT2D eigenvalue weighted by molar-refractivity contribution is -0.165. The second-order valence-electron chi connectivity index (χ2n) is 7.56. The minimum absolute atomic E-state index is 0.0756. The van der Waals surface area contributed by atoms with Crippen molar-refractivity contribution in [3.05, 3.63) is 73.3 Å². The lowest BCUT2D eigenvalue weighted by Crippen LogP contribution is -2.24. The maximum Gasteiger partial charge on any atom is 0.157 e. The first-order chi connectivity index (χ1) is 15.4. The second kappa shape index (κ2) is 9.29. The first-order valence-electron chi connectivity index (χ1n) is 10.7. The van der Waals surface area contributed by atoms with Gasteiger partial charge in [0, 0.05) is 24.7 Å². The van der Waals surface area contributed by atoms with E-state index < -0.39 is 0 Å². The molecule has 3 heterocycles. The minimum Gasteiger partial charge on any atom is -0.491 e. The standard InChI is InChI=1S/C25H25N3O3/c1-2-14-30-25(3-1)31-16-15-29-22-7-5-21(6-8-22)28-18-27-23-17-20(4-9-24(23)28)19-10-12-26-13-11-19/h4-13,17-18,25H,1-3,14-16H2. The molecule has 4 aromatic rings. The summed E-state index contributed by atoms with van der Waals surface area (Å²) >= 11 is 0. The highest BCUT2D eigenvalue weighted by Crippen LogP contribution is 2.26. The van der Waals surface area contributed by atoms with Crippen LogP contribution in [0.2, 0.25) is 0 Å². The van der Waals surface area contributed by atoms with E-state index in [0.717, 1.165) is 53.0 Å². The molecular weight excluding hydrogens is 390 g/mol. The van der Waals surface area contributed by atoms with E-state index in [1.165, 1.54) is 6.42 Å². The van der Waals surface area contributed by atoms with Crippen molar-refractivity contribution in [2.75, 3.05) is 19.8 Å². The Morgan fingerprint density at radius 2 is 1.81 bits per heavy atom. The molecule has 5 rings (SSSR count). The smallest absolute Gasteiger partial charge is 0.157 e. The van der Waals surface area contributed by atoms with Crippen molar-refractivity contribution in [1.82, 2.24) is 14.5 Å². The summed E-state index contributed by atoms with van der Waals surface area (Å²) in [6.07, 6.45) is 8.65. The van der Waals surface area contributed by atoms with Gasteiger partial charge in [-0.05, 0) is 78.9 Å². The molecule has 1 aliphatic heterocycles. The van der Waals surface area contributed by atoms with E-state index in [9.17, 15) is 0 Å². The number of hydrogen-bond donors (Lipinski definition) is 0. The van der Waals surface area contributed by atoms with Crippen molar-refractivity contribution in [3.8, 4) is 22.6 Å². The molecule has 2 aromatic carbocycles. The third-order valence-electron chi connectivity index (χ3n) is 5.47. The van der Waals surface area contributed by atoms with Crippen molar-refractivity contribution in [2.24, 2.45) is 0 Å². The van der Waals surface area contributed by atoms with Crippen LogP contribution in [-0.4, -0.2) is 40.6 Å². The molecule has 1 saturated heterocycles. The van der Waals surface area contributed by atoms with Crippen LogP contribution in [0.5, 0.6) is 5.75 Å². The van der Waals surface area contributed by atoms with Crippen LogP contribution in [-0.2, 0) is 9.47 Å². The highest BCUT2D eigenvalue weighted by Gasteiger charge is 2.13. The molecule has 0 spiro atoms. The second-order valence-corrected chi connectivity index (χ2v) is 7.56. The number of imidazole rings is 1. The van der Waals surface area contributed by atoms with E-state index in [1.807, 2.05) is 42.7 Å². The Morgan fingerprint density at radius 3 is 2.61 bits per heavy atom. The summed E-state index contributed by atoms with van der Waals surface area (Å²) in [5.74, 6) is 0.821. The Balaban J connectivity index is 1.23. The zero-order chi connectivity index (χ0) is 20.9. The van der Waals surface area contributed by atoms with Crippen molar-refractivity contribution >= 4 is 11.0 Å². The molecule has 31 heavy (non-hydrogen) atoms. The molecule has 0 N–H and O–H groups in total. The molecule has 1 fully saturated rings. The van der Waals surface area contributed by atoms with Gasteiger partial charge in [-0.15, -0.1) is 0 Å². The van der Waals surface area contributed by atoms with Crippen molar-refractivity contribution in [3.63, 3.8) is 0 Å². The van der Waals surface area contributed by atoms with Gasteiger partial charge in [0.1, 0.15) is 18.7 Å². The summed E-state index contributed by atoms with van der Waals surface area (Å²) in [4.78, 5) is 8.68. The number of nitrogens with zero attached hydrogens (tertiary/aromatic N) is 3. The fraction of sp³-hybridized carbons (Fsp3) is 0.280. The van der Waals surface area contributed by atoms with E-state index in [1.54, 1.807) is 12.4 Å². The SMILES string of the molecule is c1cc(-c2ccc3c(c2)ncn3-c2ccc(OCCOC3CCCCO3)cc2)ccn1. The average Bonchev–Trinajstić information content (AvgIpc) is 3.27. The van der Waals surface area contributed by atoms with Crippen LogP contribution >= 0.6 is 0 Å². The highest BCUT2D eigenvalue weighted by molar-refractivity contribution is 5.83. The van der Waals surface area contributed by atoms with Crippen LogP contribution in [0.4, 0.5) is 0 Å². The molecule has 2 aromatic heterocycles.